The Balaban J connectivity index is 1.83. The molecule has 2 aromatic carbocycles. The average molecular weight is 430 g/mol. The number of rotatable bonds is 6. The van der Waals surface area contributed by atoms with Gasteiger partial charge >= 0.3 is 6.01 Å². The number of hydrogen-bond donors (Lipinski definition) is 1. The van der Waals surface area contributed by atoms with Gasteiger partial charge in [-0.15, -0.1) is 5.10 Å². The van der Waals surface area contributed by atoms with Crippen LogP contribution in [-0.2, 0) is 9.84 Å². The van der Waals surface area contributed by atoms with E-state index in [1.807, 2.05) is 0 Å². The second-order valence-electron chi connectivity index (χ2n) is 6.75. The van der Waals surface area contributed by atoms with E-state index in [9.17, 15) is 23.3 Å². The van der Waals surface area contributed by atoms with Crippen molar-refractivity contribution in [1.29, 1.82) is 0 Å². The minimum Gasteiger partial charge on any atom is -0.403 e. The highest BCUT2D eigenvalue weighted by Crippen LogP contribution is 2.25. The maximum absolute atomic E-state index is 12.4. The molecule has 1 heterocycles. The number of carbonyl (C=O) groups excluding carboxylic acids is 1. The predicted octanol–water partition coefficient (Wildman–Crippen LogP) is 3.39. The molecule has 0 fully saturated rings. The van der Waals surface area contributed by atoms with E-state index in [1.165, 1.54) is 24.3 Å². The second-order valence-corrected chi connectivity index (χ2v) is 9.25. The molecule has 3 aromatic rings. The van der Waals surface area contributed by atoms with Gasteiger partial charge < -0.3 is 4.42 Å². The van der Waals surface area contributed by atoms with Gasteiger partial charge in [-0.05, 0) is 45.0 Å². The molecular weight excluding hydrogens is 412 g/mol. The van der Waals surface area contributed by atoms with Crippen molar-refractivity contribution in [1.82, 2.24) is 10.2 Å². The number of benzene rings is 2. The first-order chi connectivity index (χ1) is 14.1. The number of nitrogens with zero attached hydrogens (tertiary/aromatic N) is 3. The lowest BCUT2D eigenvalue weighted by atomic mass is 10.1. The van der Waals surface area contributed by atoms with Gasteiger partial charge in [-0.2, -0.15) is 0 Å². The third-order valence-corrected chi connectivity index (χ3v) is 6.50. The van der Waals surface area contributed by atoms with Crippen molar-refractivity contribution >= 4 is 27.4 Å². The van der Waals surface area contributed by atoms with Crippen LogP contribution in [0.2, 0.25) is 0 Å². The summed E-state index contributed by atoms with van der Waals surface area (Å²) >= 11 is 0. The second kappa shape index (κ2) is 8.03. The Bertz CT molecular complexity index is 1230. The average Bonchev–Trinajstić information content (AvgIpc) is 3.16. The number of nitro benzene ring substituents is 1. The summed E-state index contributed by atoms with van der Waals surface area (Å²) in [5.41, 5.74) is 0.665. The van der Waals surface area contributed by atoms with E-state index in [2.05, 4.69) is 15.5 Å². The van der Waals surface area contributed by atoms with Gasteiger partial charge in [0.1, 0.15) is 0 Å². The summed E-state index contributed by atoms with van der Waals surface area (Å²) in [7, 11) is -3.48. The normalized spacial score (nSPS) is 11.5. The van der Waals surface area contributed by atoms with Crippen molar-refractivity contribution in [3.8, 4) is 11.5 Å². The SMILES string of the molecule is Cc1ccc(C(=O)Nc2nnc(-c3cccc(S(=O)(=O)C(C)C)c3)o2)cc1[N+](=O)[O-]. The minimum absolute atomic E-state index is 0.0148. The van der Waals surface area contributed by atoms with Crippen LogP contribution in [0.15, 0.2) is 51.8 Å². The van der Waals surface area contributed by atoms with Gasteiger partial charge in [0.05, 0.1) is 15.1 Å². The van der Waals surface area contributed by atoms with E-state index >= 15 is 0 Å². The molecule has 0 saturated heterocycles. The molecule has 0 aliphatic rings. The molecule has 0 saturated carbocycles. The summed E-state index contributed by atoms with van der Waals surface area (Å²) in [5.74, 6) is -0.648. The van der Waals surface area contributed by atoms with Crippen molar-refractivity contribution in [3.05, 3.63) is 63.7 Å². The number of aryl methyl sites for hydroxylation is 1. The Labute approximate surface area is 172 Å². The summed E-state index contributed by atoms with van der Waals surface area (Å²) in [6.45, 7) is 4.73. The maximum Gasteiger partial charge on any atom is 0.322 e. The van der Waals surface area contributed by atoms with Crippen molar-refractivity contribution in [2.75, 3.05) is 5.32 Å². The zero-order valence-corrected chi connectivity index (χ0v) is 17.1. The summed E-state index contributed by atoms with van der Waals surface area (Å²) in [5, 5.41) is 20.4. The third kappa shape index (κ3) is 4.20. The van der Waals surface area contributed by atoms with Crippen LogP contribution >= 0.6 is 0 Å². The molecule has 0 unspecified atom stereocenters. The number of aromatic nitrogens is 2. The van der Waals surface area contributed by atoms with Crippen LogP contribution in [0.1, 0.15) is 29.8 Å². The topological polar surface area (TPSA) is 145 Å². The Hall–Kier alpha value is -3.60. The summed E-state index contributed by atoms with van der Waals surface area (Å²) < 4.78 is 30.1. The van der Waals surface area contributed by atoms with Crippen LogP contribution < -0.4 is 5.32 Å². The van der Waals surface area contributed by atoms with Crippen LogP contribution in [0.3, 0.4) is 0 Å². The molecule has 1 aromatic heterocycles. The molecule has 3 rings (SSSR count). The molecule has 0 spiro atoms. The molecule has 0 atom stereocenters. The van der Waals surface area contributed by atoms with Gasteiger partial charge in [-0.25, -0.2) is 8.42 Å². The highest BCUT2D eigenvalue weighted by atomic mass is 32.2. The van der Waals surface area contributed by atoms with Gasteiger partial charge in [0.25, 0.3) is 11.6 Å². The van der Waals surface area contributed by atoms with Crippen LogP contribution in [0.25, 0.3) is 11.5 Å². The Morgan fingerprint density at radius 3 is 2.57 bits per heavy atom. The summed E-state index contributed by atoms with van der Waals surface area (Å²) in [4.78, 5) is 23.0. The zero-order chi connectivity index (χ0) is 22.1. The van der Waals surface area contributed by atoms with E-state index in [-0.39, 0.29) is 28.1 Å². The van der Waals surface area contributed by atoms with Gasteiger partial charge in [0, 0.05) is 22.8 Å². The molecule has 0 aliphatic heterocycles. The molecule has 156 valence electrons. The molecule has 30 heavy (non-hydrogen) atoms. The molecule has 1 N–H and O–H groups in total. The quantitative estimate of drug-likeness (QED) is 0.462. The first-order valence-electron chi connectivity index (χ1n) is 8.84. The highest BCUT2D eigenvalue weighted by molar-refractivity contribution is 7.92. The van der Waals surface area contributed by atoms with Crippen molar-refractivity contribution in [3.63, 3.8) is 0 Å². The van der Waals surface area contributed by atoms with E-state index in [0.29, 0.717) is 11.1 Å². The standard InChI is InChI=1S/C19H18N4O6S/c1-11(2)30(27,28)15-6-4-5-14(9-15)18-21-22-19(29-18)20-17(24)13-8-7-12(3)16(10-13)23(25)26/h4-11H,1-3H3,(H,20,22,24). The van der Waals surface area contributed by atoms with Crippen LogP contribution in [0.5, 0.6) is 0 Å². The first-order valence-corrected chi connectivity index (χ1v) is 10.4. The number of amides is 1. The fourth-order valence-electron chi connectivity index (χ4n) is 2.59. The molecule has 1 amide bonds. The largest absolute Gasteiger partial charge is 0.403 e. The number of nitro groups is 1. The Morgan fingerprint density at radius 1 is 1.17 bits per heavy atom. The number of nitrogens with one attached hydrogen (secondary N) is 1. The van der Waals surface area contributed by atoms with Gasteiger partial charge in [-0.1, -0.05) is 17.2 Å². The third-order valence-electron chi connectivity index (χ3n) is 4.34. The van der Waals surface area contributed by atoms with E-state index < -0.39 is 25.9 Å². The molecular formula is C19H18N4O6S. The number of sulfone groups is 1. The van der Waals surface area contributed by atoms with Gasteiger partial charge in [0.2, 0.25) is 5.89 Å². The molecule has 11 heteroatoms. The van der Waals surface area contributed by atoms with Gasteiger partial charge in [-0.3, -0.25) is 20.2 Å². The van der Waals surface area contributed by atoms with E-state index in [4.69, 9.17) is 4.42 Å². The molecule has 0 aliphatic carbocycles. The molecule has 0 bridgehead atoms. The van der Waals surface area contributed by atoms with Gasteiger partial charge in [0.15, 0.2) is 9.84 Å². The van der Waals surface area contributed by atoms with E-state index in [0.717, 1.165) is 6.07 Å². The van der Waals surface area contributed by atoms with Crippen molar-refractivity contribution in [2.24, 2.45) is 0 Å². The summed E-state index contributed by atoms with van der Waals surface area (Å²) in [6, 6.07) is 9.88. The fourth-order valence-corrected chi connectivity index (χ4v) is 3.69. The van der Waals surface area contributed by atoms with E-state index in [1.54, 1.807) is 32.9 Å². The highest BCUT2D eigenvalue weighted by Gasteiger charge is 2.21. The van der Waals surface area contributed by atoms with Crippen molar-refractivity contribution < 1.29 is 22.6 Å². The lowest BCUT2D eigenvalue weighted by Gasteiger charge is -2.08. The fraction of sp³-hybridized carbons (Fsp3) is 0.211. The van der Waals surface area contributed by atoms with Crippen LogP contribution in [-0.4, -0.2) is 34.7 Å². The molecule has 10 nitrogen and oxygen atoms in total. The van der Waals surface area contributed by atoms with Crippen molar-refractivity contribution in [2.45, 2.75) is 30.9 Å². The minimum atomic E-state index is -3.48. The molecule has 0 radical (unpaired) electrons. The van der Waals surface area contributed by atoms with Crippen LogP contribution in [0.4, 0.5) is 11.7 Å². The summed E-state index contributed by atoms with van der Waals surface area (Å²) in [6.07, 6.45) is 0. The number of carbonyl (C=O) groups is 1. The maximum atomic E-state index is 12.4. The lowest BCUT2D eigenvalue weighted by Crippen LogP contribution is -2.13. The zero-order valence-electron chi connectivity index (χ0n) is 16.3. The smallest absolute Gasteiger partial charge is 0.322 e. The lowest BCUT2D eigenvalue weighted by molar-refractivity contribution is -0.385. The Morgan fingerprint density at radius 2 is 1.90 bits per heavy atom. The Kier molecular flexibility index (Phi) is 5.65. The van der Waals surface area contributed by atoms with Crippen LogP contribution in [0, 0.1) is 17.0 Å². The number of hydrogen-bond acceptors (Lipinski definition) is 8. The predicted molar refractivity (Wildman–Crippen MR) is 108 cm³/mol. The monoisotopic (exact) mass is 430 g/mol. The number of anilines is 1. The first kappa shape index (κ1) is 21.1.